The van der Waals surface area contributed by atoms with Crippen molar-refractivity contribution < 1.29 is 76.2 Å². The molecule has 5 N–H and O–H groups in total. The van der Waals surface area contributed by atoms with Crippen molar-refractivity contribution in [3.05, 3.63) is 0 Å². The topological polar surface area (TPSA) is 219 Å². The Balaban J connectivity index is 0. The Morgan fingerprint density at radius 1 is 0.281 bits per heavy atom. The molecule has 96 heavy (non-hydrogen) atoms. The average Bonchev–Trinajstić information content (AvgIpc) is 1.10. The van der Waals surface area contributed by atoms with E-state index in [9.17, 15) is 9.90 Å². The first-order valence-corrected chi connectivity index (χ1v) is 39.7. The number of hydrogen-bond acceptors (Lipinski definition) is 17. The number of aliphatic carboxylic acids is 1. The summed E-state index contributed by atoms with van der Waals surface area (Å²) in [6, 6.07) is 0. The molecule has 0 heterocycles. The van der Waals surface area contributed by atoms with E-state index < -0.39 is 17.9 Å². The van der Waals surface area contributed by atoms with Gasteiger partial charge in [-0.3, -0.25) is 4.79 Å². The van der Waals surface area contributed by atoms with Gasteiger partial charge in [-0.15, -0.1) is 0 Å². The van der Waals surface area contributed by atoms with E-state index in [1.165, 1.54) is 205 Å². The van der Waals surface area contributed by atoms with Gasteiger partial charge < -0.3 is 82.9 Å². The molecule has 0 aromatic rings. The van der Waals surface area contributed by atoms with E-state index in [0.717, 1.165) is 69.2 Å². The van der Waals surface area contributed by atoms with Crippen LogP contribution in [0.25, 0.3) is 0 Å². The summed E-state index contributed by atoms with van der Waals surface area (Å²) in [4.78, 5) is 11.3. The van der Waals surface area contributed by atoms with Crippen LogP contribution in [0.4, 0.5) is 0 Å². The SMILES string of the molecule is CC(C)CCCCCCCCCCOCCOCCOCCOCCOC(N)(COCCOCCCCCCCCCCC(C)C)CC(=O)O.CC(C)CCCCCCCCCCOCCOCCOCCOCCOC(N)COCCOCCCCCCCCCCC(C)C. The third kappa shape index (κ3) is 88.9. The second kappa shape index (κ2) is 81.1. The molecule has 0 saturated carbocycles. The fourth-order valence-electron chi connectivity index (χ4n) is 10.7. The average molecular weight is 1380 g/mol. The zero-order chi connectivity index (χ0) is 70.4. The first-order chi connectivity index (χ1) is 46.8. The van der Waals surface area contributed by atoms with Gasteiger partial charge >= 0.3 is 5.97 Å². The molecule has 0 bridgehead atoms. The fraction of sp³-hybridized carbons (Fsp3) is 0.987. The lowest BCUT2D eigenvalue weighted by Crippen LogP contribution is -2.49. The number of carboxylic acid groups (broad SMARTS) is 1. The van der Waals surface area contributed by atoms with Crippen LogP contribution in [0.2, 0.25) is 0 Å². The monoisotopic (exact) mass is 1380 g/mol. The first kappa shape index (κ1) is 96.9. The highest BCUT2D eigenvalue weighted by Gasteiger charge is 2.30. The van der Waals surface area contributed by atoms with Gasteiger partial charge in [0.1, 0.15) is 6.23 Å². The second-order valence-corrected chi connectivity index (χ2v) is 28.2. The smallest absolute Gasteiger partial charge is 0.307 e. The summed E-state index contributed by atoms with van der Waals surface area (Å²) in [5.41, 5.74) is 10.7. The first-order valence-electron chi connectivity index (χ1n) is 39.7. The number of nitrogens with two attached hydrogens (primary N) is 2. The molecule has 0 aliphatic heterocycles. The Labute approximate surface area is 591 Å². The van der Waals surface area contributed by atoms with Crippen molar-refractivity contribution in [1.29, 1.82) is 0 Å². The molecular weight excluding hydrogens is 1220 g/mol. The van der Waals surface area contributed by atoms with E-state index in [4.69, 9.17) is 77.8 Å². The minimum atomic E-state index is -1.42. The van der Waals surface area contributed by atoms with Crippen LogP contribution >= 0.6 is 0 Å². The summed E-state index contributed by atoms with van der Waals surface area (Å²) < 4.78 is 78.2. The molecule has 0 aromatic carbocycles. The number of carbonyl (C=O) groups is 1. The fourth-order valence-corrected chi connectivity index (χ4v) is 10.7. The minimum Gasteiger partial charge on any atom is -0.481 e. The minimum absolute atomic E-state index is 0.0349. The summed E-state index contributed by atoms with van der Waals surface area (Å²) in [5.74, 6) is 2.31. The standard InChI is InChI=1S/C40H81NO9.C38H79NO7/c1-37(2)21-17-13-9-5-7-11-15-19-23-44-25-26-46-27-28-47-29-30-48-33-34-50-40(41,35-39(42)43)36-49-32-31-45-24-20-16-12-8-6-10-14-18-22-38(3)4;1-36(2)21-17-13-9-5-7-11-15-19-23-40-25-26-42-27-28-43-29-30-44-33-34-46-38(39)35-45-32-31-41-24-20-16-12-8-6-10-14-18-22-37(3)4/h37-38H,5-36,41H2,1-4H3,(H,42,43);36-38H,5-35,39H2,1-4H3. The summed E-state index contributed by atoms with van der Waals surface area (Å²) in [7, 11) is 0. The molecule has 0 radical (unpaired) electrons. The predicted octanol–water partition coefficient (Wildman–Crippen LogP) is 17.3. The third-order valence-corrected chi connectivity index (χ3v) is 16.5. The highest BCUT2D eigenvalue weighted by atomic mass is 16.6. The van der Waals surface area contributed by atoms with Crippen molar-refractivity contribution in [3.63, 3.8) is 0 Å². The van der Waals surface area contributed by atoms with E-state index in [1.807, 2.05) is 0 Å². The third-order valence-electron chi connectivity index (χ3n) is 16.5. The predicted molar refractivity (Wildman–Crippen MR) is 394 cm³/mol. The van der Waals surface area contributed by atoms with Crippen LogP contribution in [0.1, 0.15) is 293 Å². The molecule has 0 rings (SSSR count). The lowest BCUT2D eigenvalue weighted by atomic mass is 10.0. The highest BCUT2D eigenvalue weighted by molar-refractivity contribution is 5.68. The maximum absolute atomic E-state index is 11.3. The molecule has 0 fully saturated rings. The van der Waals surface area contributed by atoms with Crippen molar-refractivity contribution >= 4 is 5.97 Å². The molecule has 0 aromatic heterocycles. The molecular formula is C78H160N2O16. The van der Waals surface area contributed by atoms with Gasteiger partial charge in [0, 0.05) is 26.4 Å². The molecule has 2 atom stereocenters. The zero-order valence-corrected chi connectivity index (χ0v) is 64.2. The molecule has 18 heteroatoms. The quantitative estimate of drug-likeness (QED) is 0.0381. The summed E-state index contributed by atoms with van der Waals surface area (Å²) in [5, 5.41) is 9.27. The largest absolute Gasteiger partial charge is 0.481 e. The lowest BCUT2D eigenvalue weighted by Gasteiger charge is -2.28. The van der Waals surface area contributed by atoms with E-state index in [2.05, 4.69) is 55.4 Å². The Morgan fingerprint density at radius 2 is 0.490 bits per heavy atom. The number of hydrogen-bond donors (Lipinski definition) is 3. The maximum atomic E-state index is 11.3. The normalized spacial score (nSPS) is 12.9. The Bertz CT molecular complexity index is 1460. The van der Waals surface area contributed by atoms with Crippen LogP contribution < -0.4 is 11.5 Å². The highest BCUT2D eigenvalue weighted by Crippen LogP contribution is 2.17. The van der Waals surface area contributed by atoms with Crippen molar-refractivity contribution in [2.75, 3.05) is 172 Å². The van der Waals surface area contributed by atoms with Gasteiger partial charge in [-0.25, -0.2) is 0 Å². The van der Waals surface area contributed by atoms with E-state index in [1.54, 1.807) is 0 Å². The van der Waals surface area contributed by atoms with E-state index in [0.29, 0.717) is 132 Å². The zero-order valence-electron chi connectivity index (χ0n) is 64.2. The maximum Gasteiger partial charge on any atom is 0.307 e. The van der Waals surface area contributed by atoms with Crippen LogP contribution in [0.15, 0.2) is 0 Å². The molecule has 0 saturated heterocycles. The van der Waals surface area contributed by atoms with E-state index in [-0.39, 0.29) is 26.2 Å². The number of ether oxygens (including phenoxy) is 14. The molecule has 0 aliphatic rings. The molecule has 0 amide bonds. The van der Waals surface area contributed by atoms with Gasteiger partial charge in [0.05, 0.1) is 152 Å². The molecule has 18 nitrogen and oxygen atoms in total. The summed E-state index contributed by atoms with van der Waals surface area (Å²) >= 11 is 0. The lowest BCUT2D eigenvalue weighted by molar-refractivity contribution is -0.154. The van der Waals surface area contributed by atoms with Gasteiger partial charge in [0.2, 0.25) is 0 Å². The van der Waals surface area contributed by atoms with Gasteiger partial charge in [-0.1, -0.05) is 261 Å². The van der Waals surface area contributed by atoms with Crippen LogP contribution in [-0.4, -0.2) is 195 Å². The number of unbranched alkanes of at least 4 members (excludes halogenated alkanes) is 28. The molecule has 578 valence electrons. The van der Waals surface area contributed by atoms with Crippen molar-refractivity contribution in [3.8, 4) is 0 Å². The Morgan fingerprint density at radius 3 is 0.750 bits per heavy atom. The van der Waals surface area contributed by atoms with Gasteiger partial charge in [-0.2, -0.15) is 0 Å². The number of carboxylic acids is 1. The second-order valence-electron chi connectivity index (χ2n) is 28.2. The number of rotatable bonds is 82. The van der Waals surface area contributed by atoms with Crippen LogP contribution in [0.3, 0.4) is 0 Å². The van der Waals surface area contributed by atoms with Crippen molar-refractivity contribution in [1.82, 2.24) is 0 Å². The van der Waals surface area contributed by atoms with Crippen molar-refractivity contribution in [2.24, 2.45) is 35.1 Å². The van der Waals surface area contributed by atoms with Crippen LogP contribution in [-0.2, 0) is 71.1 Å². The summed E-state index contributed by atoms with van der Waals surface area (Å²) in [6.45, 7) is 31.6. The van der Waals surface area contributed by atoms with Gasteiger partial charge in [0.15, 0.2) is 5.72 Å². The van der Waals surface area contributed by atoms with E-state index >= 15 is 0 Å². The van der Waals surface area contributed by atoms with Gasteiger partial charge in [0.25, 0.3) is 0 Å². The Kier molecular flexibility index (Phi) is 81.9. The van der Waals surface area contributed by atoms with Crippen LogP contribution in [0.5, 0.6) is 0 Å². The van der Waals surface area contributed by atoms with Crippen LogP contribution in [0, 0.1) is 23.7 Å². The summed E-state index contributed by atoms with van der Waals surface area (Å²) in [6.07, 6.45) is 46.7. The van der Waals surface area contributed by atoms with Crippen molar-refractivity contribution in [2.45, 2.75) is 305 Å². The molecule has 2 unspecified atom stereocenters. The molecule has 0 spiro atoms. The Hall–Kier alpha value is -1.17. The molecule has 0 aliphatic carbocycles. The van der Waals surface area contributed by atoms with Gasteiger partial charge in [-0.05, 0) is 49.4 Å².